The van der Waals surface area contributed by atoms with Crippen LogP contribution in [0.25, 0.3) is 11.1 Å². The molecule has 0 aliphatic carbocycles. The van der Waals surface area contributed by atoms with Gasteiger partial charge in [0.25, 0.3) is 0 Å². The molecular formula is C25H30N2O2. The monoisotopic (exact) mass is 390 g/mol. The molecule has 0 N–H and O–H groups in total. The number of carbonyl (C=O) groups excluding carboxylic acids is 2. The molecule has 2 amide bonds. The van der Waals surface area contributed by atoms with Crippen molar-refractivity contribution in [2.45, 2.75) is 26.7 Å². The summed E-state index contributed by atoms with van der Waals surface area (Å²) in [7, 11) is 0. The van der Waals surface area contributed by atoms with Gasteiger partial charge in [-0.2, -0.15) is 0 Å². The van der Waals surface area contributed by atoms with Crippen molar-refractivity contribution in [2.24, 2.45) is 5.92 Å². The largest absolute Gasteiger partial charge is 0.340 e. The van der Waals surface area contributed by atoms with E-state index in [1.54, 1.807) is 6.08 Å². The van der Waals surface area contributed by atoms with Gasteiger partial charge in [-0.25, -0.2) is 0 Å². The summed E-state index contributed by atoms with van der Waals surface area (Å²) < 4.78 is 0. The van der Waals surface area contributed by atoms with Gasteiger partial charge >= 0.3 is 0 Å². The number of hydrogen-bond acceptors (Lipinski definition) is 2. The van der Waals surface area contributed by atoms with E-state index in [1.807, 2.05) is 28.9 Å². The van der Waals surface area contributed by atoms with Gasteiger partial charge in [0.1, 0.15) is 0 Å². The summed E-state index contributed by atoms with van der Waals surface area (Å²) in [5.74, 6) is -0.0189. The van der Waals surface area contributed by atoms with Crippen LogP contribution < -0.4 is 0 Å². The molecule has 29 heavy (non-hydrogen) atoms. The van der Waals surface area contributed by atoms with Gasteiger partial charge in [0, 0.05) is 32.6 Å². The van der Waals surface area contributed by atoms with Gasteiger partial charge in [-0.15, -0.1) is 6.58 Å². The third-order valence-electron chi connectivity index (χ3n) is 5.61. The molecule has 1 saturated heterocycles. The predicted octanol–water partition coefficient (Wildman–Crippen LogP) is 4.09. The van der Waals surface area contributed by atoms with Crippen molar-refractivity contribution in [1.82, 2.24) is 9.80 Å². The molecule has 4 heteroatoms. The Labute approximate surface area is 173 Å². The molecule has 0 aromatic heterocycles. The average Bonchev–Trinajstić information content (AvgIpc) is 2.88. The Morgan fingerprint density at radius 3 is 2.69 bits per heavy atom. The molecule has 1 heterocycles. The van der Waals surface area contributed by atoms with Gasteiger partial charge in [0.2, 0.25) is 11.8 Å². The number of aryl methyl sites for hydroxylation is 1. The zero-order valence-corrected chi connectivity index (χ0v) is 17.4. The van der Waals surface area contributed by atoms with Gasteiger partial charge in [-0.05, 0) is 35.6 Å². The molecule has 4 nitrogen and oxygen atoms in total. The fourth-order valence-electron chi connectivity index (χ4n) is 4.03. The Balaban J connectivity index is 1.86. The van der Waals surface area contributed by atoms with Gasteiger partial charge < -0.3 is 9.80 Å². The van der Waals surface area contributed by atoms with Gasteiger partial charge in [0.15, 0.2) is 0 Å². The molecule has 0 radical (unpaired) electrons. The summed E-state index contributed by atoms with van der Waals surface area (Å²) in [6.07, 6.45) is 2.84. The predicted molar refractivity (Wildman–Crippen MR) is 117 cm³/mol. The molecule has 1 aliphatic rings. The van der Waals surface area contributed by atoms with Crippen LogP contribution in [0, 0.1) is 12.8 Å². The maximum atomic E-state index is 13.1. The zero-order chi connectivity index (χ0) is 20.8. The third kappa shape index (κ3) is 4.94. The van der Waals surface area contributed by atoms with E-state index in [-0.39, 0.29) is 17.7 Å². The molecule has 0 unspecified atom stereocenters. The number of benzene rings is 2. The van der Waals surface area contributed by atoms with E-state index in [0.29, 0.717) is 39.0 Å². The maximum Gasteiger partial charge on any atom is 0.228 e. The normalized spacial score (nSPS) is 17.2. The van der Waals surface area contributed by atoms with E-state index in [2.05, 4.69) is 49.9 Å². The van der Waals surface area contributed by atoms with E-state index < -0.39 is 0 Å². The molecule has 1 fully saturated rings. The zero-order valence-electron chi connectivity index (χ0n) is 17.4. The summed E-state index contributed by atoms with van der Waals surface area (Å²) in [4.78, 5) is 29.2. The van der Waals surface area contributed by atoms with E-state index in [4.69, 9.17) is 0 Å². The molecule has 2 aromatic carbocycles. The lowest BCUT2D eigenvalue weighted by Gasteiger charge is -2.23. The van der Waals surface area contributed by atoms with Crippen LogP contribution in [0.15, 0.2) is 61.2 Å². The van der Waals surface area contributed by atoms with Crippen molar-refractivity contribution in [3.05, 3.63) is 72.3 Å². The van der Waals surface area contributed by atoms with Gasteiger partial charge in [-0.3, -0.25) is 9.59 Å². The van der Waals surface area contributed by atoms with E-state index in [1.165, 1.54) is 11.1 Å². The molecule has 152 valence electrons. The fourth-order valence-corrected chi connectivity index (χ4v) is 4.03. The summed E-state index contributed by atoms with van der Waals surface area (Å²) in [6, 6.07) is 16.7. The number of nitrogens with zero attached hydrogens (tertiary/aromatic N) is 2. The number of hydrogen-bond donors (Lipinski definition) is 0. The molecular weight excluding hydrogens is 360 g/mol. The summed E-state index contributed by atoms with van der Waals surface area (Å²) >= 11 is 0. The van der Waals surface area contributed by atoms with Crippen molar-refractivity contribution < 1.29 is 9.59 Å². The highest BCUT2D eigenvalue weighted by molar-refractivity contribution is 5.82. The van der Waals surface area contributed by atoms with Crippen LogP contribution in [0.4, 0.5) is 0 Å². The quantitative estimate of drug-likeness (QED) is 0.697. The van der Waals surface area contributed by atoms with Crippen LogP contribution in [0.2, 0.25) is 0 Å². The Kier molecular flexibility index (Phi) is 6.86. The Morgan fingerprint density at radius 1 is 1.17 bits per heavy atom. The first-order valence-corrected chi connectivity index (χ1v) is 10.4. The molecule has 0 bridgehead atoms. The lowest BCUT2D eigenvalue weighted by molar-refractivity contribution is -0.134. The van der Waals surface area contributed by atoms with Crippen LogP contribution >= 0.6 is 0 Å². The molecule has 3 rings (SSSR count). The van der Waals surface area contributed by atoms with E-state index >= 15 is 0 Å². The first-order valence-electron chi connectivity index (χ1n) is 10.4. The van der Waals surface area contributed by atoms with Gasteiger partial charge in [-0.1, -0.05) is 61.5 Å². The molecule has 2 aromatic rings. The highest BCUT2D eigenvalue weighted by atomic mass is 16.2. The van der Waals surface area contributed by atoms with Crippen molar-refractivity contribution >= 4 is 11.8 Å². The summed E-state index contributed by atoms with van der Waals surface area (Å²) in [5, 5.41) is 0. The first-order chi connectivity index (χ1) is 14.0. The van der Waals surface area contributed by atoms with Crippen LogP contribution in [0.3, 0.4) is 0 Å². The highest BCUT2D eigenvalue weighted by Crippen LogP contribution is 2.26. The first kappa shape index (κ1) is 20.8. The topological polar surface area (TPSA) is 40.6 Å². The standard InChI is InChI=1S/C25H30N2O2/c1-4-13-26-14-15-27(24(28)5-2)18-22(25(26)29)17-20-10-8-11-21(16-20)23-12-7-6-9-19(23)3/h4,6-12,16,22H,1,5,13-15,17-18H2,2-3H3/t22-/m0/s1. The van der Waals surface area contributed by atoms with E-state index in [9.17, 15) is 9.59 Å². The minimum atomic E-state index is -0.236. The molecule has 1 aliphatic heterocycles. The number of rotatable bonds is 6. The number of carbonyl (C=O) groups is 2. The average molecular weight is 391 g/mol. The van der Waals surface area contributed by atoms with Crippen molar-refractivity contribution in [1.29, 1.82) is 0 Å². The molecule has 0 saturated carbocycles. The second-order valence-electron chi connectivity index (χ2n) is 7.68. The van der Waals surface area contributed by atoms with Crippen LogP contribution in [0.5, 0.6) is 0 Å². The Morgan fingerprint density at radius 2 is 1.97 bits per heavy atom. The summed E-state index contributed by atoms with van der Waals surface area (Å²) in [5.41, 5.74) is 4.71. The van der Waals surface area contributed by atoms with E-state index in [0.717, 1.165) is 11.1 Å². The summed E-state index contributed by atoms with van der Waals surface area (Å²) in [6.45, 7) is 9.92. The molecule has 0 spiro atoms. The highest BCUT2D eigenvalue weighted by Gasteiger charge is 2.31. The smallest absolute Gasteiger partial charge is 0.228 e. The second-order valence-corrected chi connectivity index (χ2v) is 7.68. The van der Waals surface area contributed by atoms with Crippen molar-refractivity contribution in [2.75, 3.05) is 26.2 Å². The van der Waals surface area contributed by atoms with Crippen LogP contribution in [-0.4, -0.2) is 47.8 Å². The minimum absolute atomic E-state index is 0.108. The van der Waals surface area contributed by atoms with Crippen LogP contribution in [-0.2, 0) is 16.0 Å². The lowest BCUT2D eigenvalue weighted by Crippen LogP contribution is -2.37. The van der Waals surface area contributed by atoms with Crippen molar-refractivity contribution in [3.63, 3.8) is 0 Å². The number of amides is 2. The molecule has 1 atom stereocenters. The fraction of sp³-hybridized carbons (Fsp3) is 0.360. The maximum absolute atomic E-state index is 13.1. The SMILES string of the molecule is C=CCN1CCN(C(=O)CC)C[C@H](Cc2cccc(-c3ccccc3C)c2)C1=O. The third-order valence-corrected chi connectivity index (χ3v) is 5.61. The van der Waals surface area contributed by atoms with Gasteiger partial charge in [0.05, 0.1) is 5.92 Å². The second kappa shape index (κ2) is 9.55. The Bertz CT molecular complexity index is 890. The van der Waals surface area contributed by atoms with Crippen molar-refractivity contribution in [3.8, 4) is 11.1 Å². The lowest BCUT2D eigenvalue weighted by atomic mass is 9.93. The Hall–Kier alpha value is -2.88. The van der Waals surface area contributed by atoms with Crippen LogP contribution in [0.1, 0.15) is 24.5 Å². The minimum Gasteiger partial charge on any atom is -0.340 e.